The first-order chi connectivity index (χ1) is 13.8. The third-order valence-electron chi connectivity index (χ3n) is 4.40. The molecule has 1 amide bonds. The molecule has 0 fully saturated rings. The van der Waals surface area contributed by atoms with Gasteiger partial charge >= 0.3 is 0 Å². The zero-order chi connectivity index (χ0) is 19.3. The van der Waals surface area contributed by atoms with Crippen LogP contribution in [0.15, 0.2) is 54.9 Å². The van der Waals surface area contributed by atoms with Gasteiger partial charge in [0.25, 0.3) is 5.91 Å². The number of hydrogen-bond acceptors (Lipinski definition) is 6. The molecule has 2 N–H and O–H groups in total. The van der Waals surface area contributed by atoms with Gasteiger partial charge in [0.15, 0.2) is 0 Å². The Morgan fingerprint density at radius 2 is 2.04 bits per heavy atom. The van der Waals surface area contributed by atoms with Crippen molar-refractivity contribution in [1.82, 2.24) is 35.5 Å². The van der Waals surface area contributed by atoms with Gasteiger partial charge in [0.2, 0.25) is 0 Å². The fourth-order valence-corrected chi connectivity index (χ4v) is 3.50. The van der Waals surface area contributed by atoms with Gasteiger partial charge in [0.1, 0.15) is 12.2 Å². The molecule has 4 rings (SSSR count). The Labute approximate surface area is 165 Å². The Morgan fingerprint density at radius 3 is 2.82 bits per heavy atom. The van der Waals surface area contributed by atoms with Crippen molar-refractivity contribution in [3.05, 3.63) is 66.2 Å². The van der Waals surface area contributed by atoms with Gasteiger partial charge in [-0.2, -0.15) is 16.4 Å². The predicted molar refractivity (Wildman–Crippen MR) is 108 cm³/mol. The maximum absolute atomic E-state index is 13.1. The van der Waals surface area contributed by atoms with Crippen LogP contribution in [0.2, 0.25) is 0 Å². The van der Waals surface area contributed by atoms with Crippen molar-refractivity contribution < 1.29 is 4.79 Å². The molecule has 0 saturated carbocycles. The van der Waals surface area contributed by atoms with E-state index in [-0.39, 0.29) is 11.9 Å². The first-order valence-corrected chi connectivity index (χ1v) is 10.2. The standard InChI is InChI=1S/C19H19N7OS/c1-28-11-10-16(18-21-14-7-3-4-8-15(14)22-18)23-19(27)13-6-2-5-9-17(13)26-12-20-24-25-26/h2-9,12,16H,10-11H2,1H3,(H,21,22)(H,23,27)/t16-/m1/s1. The van der Waals surface area contributed by atoms with Crippen LogP contribution >= 0.6 is 11.8 Å². The molecule has 0 bridgehead atoms. The average molecular weight is 393 g/mol. The van der Waals surface area contributed by atoms with Crippen LogP contribution in [-0.4, -0.2) is 48.1 Å². The molecule has 0 radical (unpaired) electrons. The first-order valence-electron chi connectivity index (χ1n) is 8.83. The summed E-state index contributed by atoms with van der Waals surface area (Å²) in [7, 11) is 0. The summed E-state index contributed by atoms with van der Waals surface area (Å²) < 4.78 is 1.48. The molecule has 0 aliphatic heterocycles. The van der Waals surface area contributed by atoms with Crippen molar-refractivity contribution in [2.75, 3.05) is 12.0 Å². The molecule has 2 heterocycles. The summed E-state index contributed by atoms with van der Waals surface area (Å²) in [6, 6.07) is 14.9. The minimum atomic E-state index is -0.228. The molecule has 2 aromatic heterocycles. The predicted octanol–water partition coefficient (Wildman–Crippen LogP) is 2.76. The minimum absolute atomic E-state index is 0.197. The van der Waals surface area contributed by atoms with E-state index in [0.29, 0.717) is 11.3 Å². The Morgan fingerprint density at radius 1 is 1.21 bits per heavy atom. The van der Waals surface area contributed by atoms with Crippen LogP contribution in [0.25, 0.3) is 16.7 Å². The third kappa shape index (κ3) is 3.74. The zero-order valence-electron chi connectivity index (χ0n) is 15.2. The maximum Gasteiger partial charge on any atom is 0.254 e. The van der Waals surface area contributed by atoms with E-state index in [4.69, 9.17) is 0 Å². The van der Waals surface area contributed by atoms with Gasteiger partial charge in [-0.1, -0.05) is 24.3 Å². The molecule has 0 saturated heterocycles. The number of thioether (sulfide) groups is 1. The number of carbonyl (C=O) groups is 1. The number of imidazole rings is 1. The number of benzene rings is 2. The van der Waals surface area contributed by atoms with Crippen LogP contribution in [-0.2, 0) is 0 Å². The molecule has 9 heteroatoms. The van der Waals surface area contributed by atoms with Crippen molar-refractivity contribution in [3.8, 4) is 5.69 Å². The Bertz CT molecular complexity index is 1040. The highest BCUT2D eigenvalue weighted by Crippen LogP contribution is 2.21. The number of rotatable bonds is 7. The summed E-state index contributed by atoms with van der Waals surface area (Å²) in [6.07, 6.45) is 4.28. The molecule has 0 aliphatic carbocycles. The summed E-state index contributed by atoms with van der Waals surface area (Å²) in [6.45, 7) is 0. The van der Waals surface area contributed by atoms with Crippen LogP contribution in [0.4, 0.5) is 0 Å². The molecule has 1 atom stereocenters. The summed E-state index contributed by atoms with van der Waals surface area (Å²) in [5.41, 5.74) is 2.96. The summed E-state index contributed by atoms with van der Waals surface area (Å²) in [5, 5.41) is 14.3. The molecule has 142 valence electrons. The molecule has 0 aliphatic rings. The smallest absolute Gasteiger partial charge is 0.254 e. The summed E-state index contributed by atoms with van der Waals surface area (Å²) >= 11 is 1.73. The molecular weight excluding hydrogens is 374 g/mol. The monoisotopic (exact) mass is 393 g/mol. The van der Waals surface area contributed by atoms with Gasteiger partial charge in [-0.25, -0.2) is 4.98 Å². The van der Waals surface area contributed by atoms with E-state index in [1.165, 1.54) is 11.0 Å². The lowest BCUT2D eigenvalue weighted by Gasteiger charge is -2.17. The number of nitrogens with one attached hydrogen (secondary N) is 2. The second-order valence-electron chi connectivity index (χ2n) is 6.22. The van der Waals surface area contributed by atoms with Crippen LogP contribution in [0.3, 0.4) is 0 Å². The van der Waals surface area contributed by atoms with Crippen molar-refractivity contribution >= 4 is 28.7 Å². The van der Waals surface area contributed by atoms with E-state index in [9.17, 15) is 4.79 Å². The van der Waals surface area contributed by atoms with Gasteiger partial charge in [0, 0.05) is 0 Å². The fourth-order valence-electron chi connectivity index (χ4n) is 3.02. The number of nitrogens with zero attached hydrogens (tertiary/aromatic N) is 5. The Hall–Kier alpha value is -3.20. The number of amides is 1. The van der Waals surface area contributed by atoms with Gasteiger partial charge in [-0.3, -0.25) is 4.79 Å². The Balaban J connectivity index is 1.63. The van der Waals surface area contributed by atoms with Crippen LogP contribution in [0.5, 0.6) is 0 Å². The minimum Gasteiger partial charge on any atom is -0.342 e. The van der Waals surface area contributed by atoms with Gasteiger partial charge in [-0.15, -0.1) is 5.10 Å². The van der Waals surface area contributed by atoms with E-state index in [2.05, 4.69) is 30.8 Å². The van der Waals surface area contributed by atoms with E-state index in [1.54, 1.807) is 17.8 Å². The van der Waals surface area contributed by atoms with Gasteiger partial charge < -0.3 is 10.3 Å². The molecule has 4 aromatic rings. The van der Waals surface area contributed by atoms with Gasteiger partial charge in [-0.05, 0) is 53.1 Å². The largest absolute Gasteiger partial charge is 0.342 e. The maximum atomic E-state index is 13.1. The number of tetrazole rings is 1. The molecule has 0 unspecified atom stereocenters. The highest BCUT2D eigenvalue weighted by atomic mass is 32.2. The van der Waals surface area contributed by atoms with Gasteiger partial charge in [0.05, 0.1) is 28.3 Å². The van der Waals surface area contributed by atoms with E-state index < -0.39 is 0 Å². The zero-order valence-corrected chi connectivity index (χ0v) is 16.1. The van der Waals surface area contributed by atoms with Crippen molar-refractivity contribution in [3.63, 3.8) is 0 Å². The second kappa shape index (κ2) is 8.22. The number of aromatic amines is 1. The number of para-hydroxylation sites is 3. The number of hydrogen-bond donors (Lipinski definition) is 2. The lowest BCUT2D eigenvalue weighted by Crippen LogP contribution is -2.30. The lowest BCUT2D eigenvalue weighted by atomic mass is 10.1. The first kappa shape index (κ1) is 18.2. The van der Waals surface area contributed by atoms with E-state index in [1.807, 2.05) is 48.7 Å². The van der Waals surface area contributed by atoms with Crippen LogP contribution in [0.1, 0.15) is 28.6 Å². The third-order valence-corrected chi connectivity index (χ3v) is 5.04. The fraction of sp³-hybridized carbons (Fsp3) is 0.211. The highest BCUT2D eigenvalue weighted by Gasteiger charge is 2.21. The SMILES string of the molecule is CSCC[C@@H](NC(=O)c1ccccc1-n1cnnn1)c1nc2ccccc2[nH]1. The molecule has 0 spiro atoms. The normalized spacial score (nSPS) is 12.2. The summed E-state index contributed by atoms with van der Waals surface area (Å²) in [4.78, 5) is 21.1. The number of fused-ring (bicyclic) bond motifs is 1. The molecule has 8 nitrogen and oxygen atoms in total. The van der Waals surface area contributed by atoms with E-state index >= 15 is 0 Å². The quantitative estimate of drug-likeness (QED) is 0.501. The van der Waals surface area contributed by atoms with E-state index in [0.717, 1.165) is 29.0 Å². The van der Waals surface area contributed by atoms with Crippen molar-refractivity contribution in [1.29, 1.82) is 0 Å². The number of carbonyl (C=O) groups excluding carboxylic acids is 1. The van der Waals surface area contributed by atoms with Crippen LogP contribution < -0.4 is 5.32 Å². The summed E-state index contributed by atoms with van der Waals surface area (Å²) in [5.74, 6) is 1.46. The van der Waals surface area contributed by atoms with Crippen molar-refractivity contribution in [2.24, 2.45) is 0 Å². The molecule has 2 aromatic carbocycles. The number of aromatic nitrogens is 6. The lowest BCUT2D eigenvalue weighted by molar-refractivity contribution is 0.0934. The molecular formula is C19H19N7OS. The second-order valence-corrected chi connectivity index (χ2v) is 7.20. The Kier molecular flexibility index (Phi) is 5.34. The number of H-pyrrole nitrogens is 1. The van der Waals surface area contributed by atoms with Crippen LogP contribution in [0, 0.1) is 0 Å². The highest BCUT2D eigenvalue weighted by molar-refractivity contribution is 7.98. The topological polar surface area (TPSA) is 101 Å². The average Bonchev–Trinajstić information content (AvgIpc) is 3.40. The molecule has 28 heavy (non-hydrogen) atoms. The van der Waals surface area contributed by atoms with Crippen molar-refractivity contribution in [2.45, 2.75) is 12.5 Å².